The van der Waals surface area contributed by atoms with Crippen molar-refractivity contribution in [1.29, 1.82) is 0 Å². The predicted molar refractivity (Wildman–Crippen MR) is 114 cm³/mol. The van der Waals surface area contributed by atoms with Gasteiger partial charge >= 0.3 is 0 Å². The highest BCUT2D eigenvalue weighted by atomic mass is 79.9. The van der Waals surface area contributed by atoms with E-state index in [0.717, 1.165) is 4.47 Å². The van der Waals surface area contributed by atoms with E-state index in [4.69, 9.17) is 4.74 Å². The van der Waals surface area contributed by atoms with Crippen molar-refractivity contribution in [2.75, 3.05) is 30.4 Å². The minimum atomic E-state index is -0.326. The van der Waals surface area contributed by atoms with Crippen LogP contribution in [0.1, 0.15) is 13.3 Å². The van der Waals surface area contributed by atoms with Gasteiger partial charge in [0.25, 0.3) is 5.91 Å². The number of benzene rings is 2. The van der Waals surface area contributed by atoms with Crippen LogP contribution < -0.4 is 15.0 Å². The van der Waals surface area contributed by atoms with E-state index in [0.29, 0.717) is 17.1 Å². The molecule has 7 nitrogen and oxygen atoms in total. The smallest absolute Gasteiger partial charge is 0.260 e. The Morgan fingerprint density at radius 3 is 2.76 bits per heavy atom. The summed E-state index contributed by atoms with van der Waals surface area (Å²) in [5.74, 6) is -0.165. The number of rotatable bonds is 5. The van der Waals surface area contributed by atoms with Crippen molar-refractivity contribution >= 4 is 45.0 Å². The third-order valence-electron chi connectivity index (χ3n) is 4.58. The van der Waals surface area contributed by atoms with E-state index < -0.39 is 0 Å². The largest absolute Gasteiger partial charge is 0.484 e. The fourth-order valence-corrected chi connectivity index (χ4v) is 3.53. The van der Waals surface area contributed by atoms with Crippen LogP contribution >= 0.6 is 15.9 Å². The molecule has 2 aromatic carbocycles. The number of likely N-dealkylation sites (N-methyl/N-ethyl adjacent to an activating group) is 1. The van der Waals surface area contributed by atoms with E-state index in [9.17, 15) is 14.4 Å². The fourth-order valence-electron chi connectivity index (χ4n) is 3.15. The van der Waals surface area contributed by atoms with Crippen molar-refractivity contribution < 1.29 is 19.1 Å². The molecule has 1 heterocycles. The summed E-state index contributed by atoms with van der Waals surface area (Å²) in [6.45, 7) is 1.53. The van der Waals surface area contributed by atoms with E-state index >= 15 is 0 Å². The number of nitrogens with one attached hydrogen (secondary N) is 1. The molecule has 0 radical (unpaired) electrons. The molecular weight excluding hydrogens is 438 g/mol. The van der Waals surface area contributed by atoms with Crippen LogP contribution in [0.25, 0.3) is 0 Å². The Bertz CT molecular complexity index is 934. The maximum Gasteiger partial charge on any atom is 0.260 e. The highest BCUT2D eigenvalue weighted by Crippen LogP contribution is 2.31. The zero-order valence-electron chi connectivity index (χ0n) is 16.2. The summed E-state index contributed by atoms with van der Waals surface area (Å²) in [5, 5.41) is 2.82. The molecule has 1 atom stereocenters. The third-order valence-corrected chi connectivity index (χ3v) is 5.08. The monoisotopic (exact) mass is 459 g/mol. The van der Waals surface area contributed by atoms with E-state index in [1.165, 1.54) is 4.90 Å². The van der Waals surface area contributed by atoms with E-state index in [1.807, 2.05) is 25.1 Å². The molecule has 0 fully saturated rings. The molecule has 1 aliphatic heterocycles. The number of halogens is 1. The number of anilines is 2. The Labute approximate surface area is 177 Å². The first-order chi connectivity index (χ1) is 13.8. The van der Waals surface area contributed by atoms with Gasteiger partial charge in [-0.3, -0.25) is 14.4 Å². The SMILES string of the molecule is C[C@@H]1CC(=O)Nc2ccccc2N1C(=O)CN(C)C(=O)COc1cccc(Br)c1. The fraction of sp³-hybridized carbons (Fsp3) is 0.286. The molecule has 0 bridgehead atoms. The molecule has 0 unspecified atom stereocenters. The van der Waals surface area contributed by atoms with Gasteiger partial charge in [0.2, 0.25) is 11.8 Å². The molecule has 0 saturated heterocycles. The molecular formula is C21H22BrN3O4. The van der Waals surface area contributed by atoms with Crippen molar-refractivity contribution in [1.82, 2.24) is 4.90 Å². The molecule has 0 spiro atoms. The van der Waals surface area contributed by atoms with E-state index in [2.05, 4.69) is 21.2 Å². The Hall–Kier alpha value is -2.87. The van der Waals surface area contributed by atoms with Gasteiger partial charge in [-0.1, -0.05) is 34.1 Å². The Kier molecular flexibility index (Phi) is 6.53. The van der Waals surface area contributed by atoms with Gasteiger partial charge in [-0.05, 0) is 37.3 Å². The standard InChI is InChI=1S/C21H22BrN3O4/c1-14-10-19(26)23-17-8-3-4-9-18(17)25(14)20(27)12-24(2)21(28)13-29-16-7-5-6-15(22)11-16/h3-9,11,14H,10,12-13H2,1-2H3,(H,23,26)/t14-/m1/s1. The molecule has 2 aromatic rings. The summed E-state index contributed by atoms with van der Waals surface area (Å²) in [6.07, 6.45) is 0.185. The number of nitrogens with zero attached hydrogens (tertiary/aromatic N) is 2. The maximum absolute atomic E-state index is 13.0. The first-order valence-corrected chi connectivity index (χ1v) is 9.97. The lowest BCUT2D eigenvalue weighted by Gasteiger charge is -2.29. The number of amides is 3. The minimum absolute atomic E-state index is 0.118. The molecule has 1 aliphatic rings. The minimum Gasteiger partial charge on any atom is -0.484 e. The van der Waals surface area contributed by atoms with E-state index in [-0.39, 0.29) is 43.3 Å². The number of ether oxygens (including phenoxy) is 1. The Morgan fingerprint density at radius 1 is 1.24 bits per heavy atom. The molecule has 0 aliphatic carbocycles. The highest BCUT2D eigenvalue weighted by Gasteiger charge is 2.30. The molecule has 1 N–H and O–H groups in total. The molecule has 0 aromatic heterocycles. The number of hydrogen-bond acceptors (Lipinski definition) is 4. The zero-order chi connectivity index (χ0) is 21.0. The van der Waals surface area contributed by atoms with Crippen LogP contribution in [0.5, 0.6) is 5.75 Å². The second-order valence-corrected chi connectivity index (χ2v) is 7.79. The lowest BCUT2D eigenvalue weighted by Crippen LogP contribution is -2.46. The number of hydrogen-bond donors (Lipinski definition) is 1. The van der Waals surface area contributed by atoms with Gasteiger partial charge in [0, 0.05) is 24.0 Å². The molecule has 8 heteroatoms. The summed E-state index contributed by atoms with van der Waals surface area (Å²) < 4.78 is 6.36. The van der Waals surface area contributed by atoms with Crippen LogP contribution in [0.4, 0.5) is 11.4 Å². The van der Waals surface area contributed by atoms with Crippen LogP contribution in [0, 0.1) is 0 Å². The van der Waals surface area contributed by atoms with Crippen molar-refractivity contribution in [2.45, 2.75) is 19.4 Å². The second-order valence-electron chi connectivity index (χ2n) is 6.88. The molecule has 29 heavy (non-hydrogen) atoms. The van der Waals surface area contributed by atoms with Gasteiger partial charge in [-0.2, -0.15) is 0 Å². The van der Waals surface area contributed by atoms with Gasteiger partial charge in [0.1, 0.15) is 5.75 Å². The maximum atomic E-state index is 13.0. The third kappa shape index (κ3) is 5.14. The van der Waals surface area contributed by atoms with Crippen LogP contribution in [0.15, 0.2) is 53.0 Å². The van der Waals surface area contributed by atoms with Crippen molar-refractivity contribution in [3.05, 3.63) is 53.0 Å². The average molecular weight is 460 g/mol. The molecule has 3 amide bonds. The van der Waals surface area contributed by atoms with Crippen LogP contribution in [0.3, 0.4) is 0 Å². The number of para-hydroxylation sites is 2. The van der Waals surface area contributed by atoms with Crippen LogP contribution in [-0.2, 0) is 14.4 Å². The van der Waals surface area contributed by atoms with Crippen molar-refractivity contribution in [3.63, 3.8) is 0 Å². The van der Waals surface area contributed by atoms with Gasteiger partial charge in [0.15, 0.2) is 6.61 Å². The predicted octanol–water partition coefficient (Wildman–Crippen LogP) is 3.05. The lowest BCUT2D eigenvalue weighted by molar-refractivity contribution is -0.135. The normalized spacial score (nSPS) is 15.8. The summed E-state index contributed by atoms with van der Waals surface area (Å²) in [6, 6.07) is 14.0. The Morgan fingerprint density at radius 2 is 2.00 bits per heavy atom. The summed E-state index contributed by atoms with van der Waals surface area (Å²) in [4.78, 5) is 40.4. The summed E-state index contributed by atoms with van der Waals surface area (Å²) in [7, 11) is 1.56. The average Bonchev–Trinajstić information content (AvgIpc) is 2.80. The molecule has 0 saturated carbocycles. The Balaban J connectivity index is 1.66. The van der Waals surface area contributed by atoms with Gasteiger partial charge in [-0.25, -0.2) is 0 Å². The second kappa shape index (κ2) is 9.09. The molecule has 3 rings (SSSR count). The summed E-state index contributed by atoms with van der Waals surface area (Å²) in [5.41, 5.74) is 1.21. The highest BCUT2D eigenvalue weighted by molar-refractivity contribution is 9.10. The summed E-state index contributed by atoms with van der Waals surface area (Å²) >= 11 is 3.35. The van der Waals surface area contributed by atoms with Crippen LogP contribution in [0.2, 0.25) is 0 Å². The van der Waals surface area contributed by atoms with Crippen molar-refractivity contribution in [2.24, 2.45) is 0 Å². The number of fused-ring (bicyclic) bond motifs is 1. The lowest BCUT2D eigenvalue weighted by atomic mass is 10.1. The quantitative estimate of drug-likeness (QED) is 0.744. The zero-order valence-corrected chi connectivity index (χ0v) is 17.8. The van der Waals surface area contributed by atoms with E-state index in [1.54, 1.807) is 42.3 Å². The first kappa shape index (κ1) is 20.9. The van der Waals surface area contributed by atoms with Gasteiger partial charge in [-0.15, -0.1) is 0 Å². The number of carbonyl (C=O) groups is 3. The van der Waals surface area contributed by atoms with Gasteiger partial charge < -0.3 is 19.9 Å². The number of carbonyl (C=O) groups excluding carboxylic acids is 3. The first-order valence-electron chi connectivity index (χ1n) is 9.18. The van der Waals surface area contributed by atoms with Crippen molar-refractivity contribution in [3.8, 4) is 5.75 Å². The van der Waals surface area contributed by atoms with Crippen LogP contribution in [-0.4, -0.2) is 48.9 Å². The van der Waals surface area contributed by atoms with Gasteiger partial charge in [0.05, 0.1) is 17.9 Å². The molecule has 152 valence electrons. The topological polar surface area (TPSA) is 79.0 Å².